The molecule has 0 N–H and O–H groups in total. The standard InChI is InChI=1S/C14H11N4OP/c19-20(12-5-1-3-7-16-12,13-6-2-4-8-17-13)14-11-15-9-10-18-14/h1-11H. The Labute approximate surface area is 116 Å². The zero-order valence-electron chi connectivity index (χ0n) is 10.5. The topological polar surface area (TPSA) is 68.6 Å². The van der Waals surface area contributed by atoms with Crippen molar-refractivity contribution in [3.8, 4) is 0 Å². The first-order valence-corrected chi connectivity index (χ1v) is 7.72. The summed E-state index contributed by atoms with van der Waals surface area (Å²) in [6.07, 6.45) is 7.80. The third-order valence-electron chi connectivity index (χ3n) is 2.82. The monoisotopic (exact) mass is 282 g/mol. The Hall–Kier alpha value is -2.39. The quantitative estimate of drug-likeness (QED) is 0.668. The van der Waals surface area contributed by atoms with Crippen LogP contribution in [0, 0.1) is 0 Å². The lowest BCUT2D eigenvalue weighted by Crippen LogP contribution is -2.30. The second kappa shape index (κ2) is 5.31. The van der Waals surface area contributed by atoms with Crippen molar-refractivity contribution in [3.63, 3.8) is 0 Å². The van der Waals surface area contributed by atoms with E-state index in [4.69, 9.17) is 0 Å². The van der Waals surface area contributed by atoms with Gasteiger partial charge in [-0.1, -0.05) is 12.1 Å². The highest BCUT2D eigenvalue weighted by atomic mass is 31.2. The molecule has 0 aliphatic heterocycles. The van der Waals surface area contributed by atoms with E-state index in [2.05, 4.69) is 19.9 Å². The molecular formula is C14H11N4OP. The summed E-state index contributed by atoms with van der Waals surface area (Å²) in [5.74, 6) is 0. The number of rotatable bonds is 3. The predicted octanol–water partition coefficient (Wildman–Crippen LogP) is 0.906. The first kappa shape index (κ1) is 12.6. The Morgan fingerprint density at radius 3 is 1.75 bits per heavy atom. The fraction of sp³-hybridized carbons (Fsp3) is 0. The molecule has 3 rings (SSSR count). The second-order valence-electron chi connectivity index (χ2n) is 4.05. The molecule has 20 heavy (non-hydrogen) atoms. The van der Waals surface area contributed by atoms with E-state index < -0.39 is 7.14 Å². The Kier molecular flexibility index (Phi) is 3.35. The summed E-state index contributed by atoms with van der Waals surface area (Å²) in [5.41, 5.74) is 1.30. The van der Waals surface area contributed by atoms with Crippen LogP contribution >= 0.6 is 7.14 Å². The summed E-state index contributed by atoms with van der Waals surface area (Å²) in [4.78, 5) is 16.7. The van der Waals surface area contributed by atoms with E-state index in [0.29, 0.717) is 16.3 Å². The van der Waals surface area contributed by atoms with Crippen LogP contribution in [-0.4, -0.2) is 19.9 Å². The van der Waals surface area contributed by atoms with Crippen molar-refractivity contribution in [2.24, 2.45) is 0 Å². The summed E-state index contributed by atoms with van der Waals surface area (Å²) in [6.45, 7) is 0. The molecule has 0 aliphatic carbocycles. The van der Waals surface area contributed by atoms with E-state index in [1.807, 2.05) is 0 Å². The fourth-order valence-electron chi connectivity index (χ4n) is 1.89. The van der Waals surface area contributed by atoms with Gasteiger partial charge in [0, 0.05) is 24.8 Å². The molecule has 3 heterocycles. The Morgan fingerprint density at radius 1 is 0.700 bits per heavy atom. The molecule has 0 aromatic carbocycles. The molecule has 0 aliphatic rings. The van der Waals surface area contributed by atoms with Crippen LogP contribution in [0.15, 0.2) is 67.4 Å². The van der Waals surface area contributed by atoms with Crippen LogP contribution in [0.2, 0.25) is 0 Å². The number of nitrogens with zero attached hydrogens (tertiary/aromatic N) is 4. The van der Waals surface area contributed by atoms with Gasteiger partial charge in [0.2, 0.25) is 7.14 Å². The molecule has 0 bridgehead atoms. The highest BCUT2D eigenvalue weighted by molar-refractivity contribution is 7.84. The predicted molar refractivity (Wildman–Crippen MR) is 77.0 cm³/mol. The minimum atomic E-state index is -3.17. The average Bonchev–Trinajstić information content (AvgIpc) is 2.56. The van der Waals surface area contributed by atoms with Gasteiger partial charge in [0.15, 0.2) is 0 Å². The highest BCUT2D eigenvalue weighted by Crippen LogP contribution is 2.39. The van der Waals surface area contributed by atoms with Gasteiger partial charge in [-0.15, -0.1) is 0 Å². The maximum Gasteiger partial charge on any atom is 0.224 e. The molecule has 0 spiro atoms. The molecule has 5 nitrogen and oxygen atoms in total. The minimum Gasteiger partial charge on any atom is -0.304 e. The Morgan fingerprint density at radius 2 is 1.30 bits per heavy atom. The lowest BCUT2D eigenvalue weighted by Gasteiger charge is -2.15. The third kappa shape index (κ3) is 2.12. The van der Waals surface area contributed by atoms with Crippen molar-refractivity contribution in [2.45, 2.75) is 0 Å². The first-order chi connectivity index (χ1) is 9.82. The summed E-state index contributed by atoms with van der Waals surface area (Å²) in [6, 6.07) is 10.6. The van der Waals surface area contributed by atoms with Crippen LogP contribution < -0.4 is 16.3 Å². The molecule has 0 saturated carbocycles. The highest BCUT2D eigenvalue weighted by Gasteiger charge is 2.34. The van der Waals surface area contributed by atoms with Crippen LogP contribution in [0.1, 0.15) is 0 Å². The lowest BCUT2D eigenvalue weighted by atomic mass is 10.5. The van der Waals surface area contributed by atoms with Crippen LogP contribution in [-0.2, 0) is 4.57 Å². The number of pyridine rings is 2. The lowest BCUT2D eigenvalue weighted by molar-refractivity contribution is 0.591. The molecule has 0 fully saturated rings. The van der Waals surface area contributed by atoms with Gasteiger partial charge in [0.1, 0.15) is 16.3 Å². The van der Waals surface area contributed by atoms with Gasteiger partial charge < -0.3 is 4.57 Å². The van der Waals surface area contributed by atoms with E-state index >= 15 is 0 Å². The molecular weight excluding hydrogens is 271 g/mol. The van der Waals surface area contributed by atoms with Gasteiger partial charge in [0.25, 0.3) is 0 Å². The molecule has 0 amide bonds. The zero-order chi connectivity index (χ0) is 13.8. The van der Waals surface area contributed by atoms with Gasteiger partial charge in [-0.2, -0.15) is 0 Å². The largest absolute Gasteiger partial charge is 0.304 e. The van der Waals surface area contributed by atoms with E-state index in [1.165, 1.54) is 12.4 Å². The van der Waals surface area contributed by atoms with Crippen LogP contribution in [0.3, 0.4) is 0 Å². The van der Waals surface area contributed by atoms with Crippen molar-refractivity contribution in [1.29, 1.82) is 0 Å². The fourth-order valence-corrected chi connectivity index (χ4v) is 4.10. The summed E-state index contributed by atoms with van der Waals surface area (Å²) in [5, 5.41) is 0. The smallest absolute Gasteiger partial charge is 0.224 e. The normalized spacial score (nSPS) is 11.2. The summed E-state index contributed by atoms with van der Waals surface area (Å²) < 4.78 is 13.6. The summed E-state index contributed by atoms with van der Waals surface area (Å²) in [7, 11) is -3.17. The molecule has 3 aromatic rings. The molecule has 0 saturated heterocycles. The third-order valence-corrected chi connectivity index (χ3v) is 5.51. The maximum absolute atomic E-state index is 13.6. The van der Waals surface area contributed by atoms with Gasteiger partial charge in [-0.05, 0) is 24.3 Å². The first-order valence-electron chi connectivity index (χ1n) is 6.01. The van der Waals surface area contributed by atoms with Crippen LogP contribution in [0.25, 0.3) is 0 Å². The Bertz CT molecular complexity index is 631. The van der Waals surface area contributed by atoms with Crippen LogP contribution in [0.5, 0.6) is 0 Å². The molecule has 3 aromatic heterocycles. The Balaban J connectivity index is 2.27. The number of hydrogen-bond donors (Lipinski definition) is 0. The zero-order valence-corrected chi connectivity index (χ0v) is 11.4. The van der Waals surface area contributed by atoms with E-state index in [1.54, 1.807) is 55.0 Å². The second-order valence-corrected chi connectivity index (χ2v) is 6.64. The van der Waals surface area contributed by atoms with Crippen LogP contribution in [0.4, 0.5) is 0 Å². The van der Waals surface area contributed by atoms with Gasteiger partial charge in [-0.3, -0.25) is 15.0 Å². The SMILES string of the molecule is O=P(c1ccccn1)(c1ccccn1)c1cnccn1. The van der Waals surface area contributed by atoms with E-state index in [-0.39, 0.29) is 0 Å². The average molecular weight is 282 g/mol. The van der Waals surface area contributed by atoms with Crippen molar-refractivity contribution in [1.82, 2.24) is 19.9 Å². The van der Waals surface area contributed by atoms with Gasteiger partial charge in [0.05, 0.1) is 6.20 Å². The number of aromatic nitrogens is 4. The molecule has 0 unspecified atom stereocenters. The van der Waals surface area contributed by atoms with E-state index in [9.17, 15) is 4.57 Å². The van der Waals surface area contributed by atoms with Crippen molar-refractivity contribution in [3.05, 3.63) is 67.4 Å². The number of hydrogen-bond acceptors (Lipinski definition) is 5. The molecule has 98 valence electrons. The molecule has 6 heteroatoms. The van der Waals surface area contributed by atoms with Gasteiger partial charge >= 0.3 is 0 Å². The van der Waals surface area contributed by atoms with Crippen molar-refractivity contribution >= 4 is 23.4 Å². The minimum absolute atomic E-state index is 0.386. The van der Waals surface area contributed by atoms with Gasteiger partial charge in [-0.25, -0.2) is 4.98 Å². The van der Waals surface area contributed by atoms with Crippen molar-refractivity contribution < 1.29 is 4.57 Å². The summed E-state index contributed by atoms with van der Waals surface area (Å²) >= 11 is 0. The molecule has 0 radical (unpaired) electrons. The van der Waals surface area contributed by atoms with Crippen molar-refractivity contribution in [2.75, 3.05) is 0 Å². The van der Waals surface area contributed by atoms with E-state index in [0.717, 1.165) is 0 Å². The maximum atomic E-state index is 13.6. The molecule has 0 atom stereocenters.